The zero-order valence-electron chi connectivity index (χ0n) is 12.6. The van der Waals surface area contributed by atoms with Crippen LogP contribution in [0.15, 0.2) is 24.3 Å². The molecule has 1 unspecified atom stereocenters. The van der Waals surface area contributed by atoms with Crippen molar-refractivity contribution in [2.24, 2.45) is 7.05 Å². The van der Waals surface area contributed by atoms with E-state index in [0.717, 1.165) is 35.5 Å². The summed E-state index contributed by atoms with van der Waals surface area (Å²) in [6.45, 7) is 5.19. The van der Waals surface area contributed by atoms with Crippen molar-refractivity contribution in [3.8, 4) is 0 Å². The number of hydrogen-bond donors (Lipinski definition) is 1. The lowest BCUT2D eigenvalue weighted by Gasteiger charge is -2.27. The van der Waals surface area contributed by atoms with Gasteiger partial charge in [0, 0.05) is 13.6 Å². The highest BCUT2D eigenvalue weighted by Crippen LogP contribution is 2.36. The average molecular weight is 281 g/mol. The summed E-state index contributed by atoms with van der Waals surface area (Å²) < 4.78 is 4.01. The number of hydrogen-bond acceptors (Lipinski definition) is 3. The van der Waals surface area contributed by atoms with Crippen molar-refractivity contribution in [2.45, 2.75) is 26.3 Å². The van der Waals surface area contributed by atoms with Gasteiger partial charge in [0.1, 0.15) is 5.82 Å². The van der Waals surface area contributed by atoms with Crippen molar-refractivity contribution in [1.82, 2.24) is 19.6 Å². The van der Waals surface area contributed by atoms with Gasteiger partial charge >= 0.3 is 0 Å². The van der Waals surface area contributed by atoms with Gasteiger partial charge in [0.15, 0.2) is 5.65 Å². The van der Waals surface area contributed by atoms with E-state index in [0.29, 0.717) is 6.04 Å². The molecule has 0 saturated heterocycles. The van der Waals surface area contributed by atoms with E-state index in [1.54, 1.807) is 0 Å². The molecule has 2 aromatic heterocycles. The van der Waals surface area contributed by atoms with Crippen LogP contribution in [0.25, 0.3) is 11.0 Å². The van der Waals surface area contributed by atoms with Crippen molar-refractivity contribution >= 4 is 16.9 Å². The number of benzene rings is 1. The SMILES string of the molecule is Cc1ccccc1C1CCNc2c3c(C)nn(C)c3nn21. The minimum absolute atomic E-state index is 0.300. The molecule has 21 heavy (non-hydrogen) atoms. The van der Waals surface area contributed by atoms with Crippen molar-refractivity contribution in [3.63, 3.8) is 0 Å². The fraction of sp³-hybridized carbons (Fsp3) is 0.375. The Morgan fingerprint density at radius 2 is 2.00 bits per heavy atom. The van der Waals surface area contributed by atoms with Gasteiger partial charge in [-0.05, 0) is 31.4 Å². The molecule has 0 aliphatic carbocycles. The number of aryl methyl sites for hydroxylation is 3. The van der Waals surface area contributed by atoms with Crippen LogP contribution in [0, 0.1) is 13.8 Å². The molecule has 5 heteroatoms. The first-order valence-corrected chi connectivity index (χ1v) is 7.38. The van der Waals surface area contributed by atoms with Gasteiger partial charge in [-0.15, -0.1) is 0 Å². The second-order valence-electron chi connectivity index (χ2n) is 5.79. The van der Waals surface area contributed by atoms with Crippen molar-refractivity contribution in [3.05, 3.63) is 41.1 Å². The second kappa shape index (κ2) is 4.35. The Bertz CT molecular complexity index is 827. The quantitative estimate of drug-likeness (QED) is 0.746. The molecule has 1 N–H and O–H groups in total. The largest absolute Gasteiger partial charge is 0.370 e. The molecular weight excluding hydrogens is 262 g/mol. The van der Waals surface area contributed by atoms with Gasteiger partial charge in [0.05, 0.1) is 17.1 Å². The first-order valence-electron chi connectivity index (χ1n) is 7.38. The van der Waals surface area contributed by atoms with E-state index in [4.69, 9.17) is 5.10 Å². The lowest BCUT2D eigenvalue weighted by Crippen LogP contribution is -2.25. The third kappa shape index (κ3) is 1.70. The Labute approximate surface area is 123 Å². The van der Waals surface area contributed by atoms with Crippen molar-refractivity contribution in [1.29, 1.82) is 0 Å². The average Bonchev–Trinajstić information content (AvgIpc) is 2.98. The predicted molar refractivity (Wildman–Crippen MR) is 83.7 cm³/mol. The van der Waals surface area contributed by atoms with E-state index in [1.165, 1.54) is 11.1 Å². The standard InChI is InChI=1S/C16H19N5/c1-10-6-4-5-7-12(10)13-8-9-17-15-14-11(2)18-20(3)16(14)19-21(13)15/h4-7,13,17H,8-9H2,1-3H3. The fourth-order valence-electron chi connectivity index (χ4n) is 3.40. The maximum absolute atomic E-state index is 4.83. The number of rotatable bonds is 1. The van der Waals surface area contributed by atoms with Gasteiger partial charge in [0.25, 0.3) is 0 Å². The van der Waals surface area contributed by atoms with E-state index in [9.17, 15) is 0 Å². The first kappa shape index (κ1) is 12.4. The minimum Gasteiger partial charge on any atom is -0.370 e. The molecule has 0 fully saturated rings. The maximum atomic E-state index is 4.83. The Kier molecular flexibility index (Phi) is 2.58. The molecule has 4 rings (SSSR count). The van der Waals surface area contributed by atoms with Crippen LogP contribution in [0.5, 0.6) is 0 Å². The molecule has 3 heterocycles. The summed E-state index contributed by atoms with van der Waals surface area (Å²) in [5.41, 5.74) is 4.67. The Morgan fingerprint density at radius 1 is 1.19 bits per heavy atom. The zero-order chi connectivity index (χ0) is 14.6. The number of nitrogens with zero attached hydrogens (tertiary/aromatic N) is 4. The van der Waals surface area contributed by atoms with Gasteiger partial charge in [-0.3, -0.25) is 0 Å². The molecular formula is C16H19N5. The summed E-state index contributed by atoms with van der Waals surface area (Å²) in [6.07, 6.45) is 1.05. The Hall–Kier alpha value is -2.30. The van der Waals surface area contributed by atoms with Crippen LogP contribution in [0.3, 0.4) is 0 Å². The first-order chi connectivity index (χ1) is 10.2. The summed E-state index contributed by atoms with van der Waals surface area (Å²) in [5, 5.41) is 14.0. The van der Waals surface area contributed by atoms with Crippen LogP contribution in [0.1, 0.15) is 29.3 Å². The highest BCUT2D eigenvalue weighted by molar-refractivity contribution is 5.90. The molecule has 3 aromatic rings. The van der Waals surface area contributed by atoms with E-state index in [1.807, 2.05) is 18.7 Å². The summed E-state index contributed by atoms with van der Waals surface area (Å²) >= 11 is 0. The maximum Gasteiger partial charge on any atom is 0.182 e. The highest BCUT2D eigenvalue weighted by Gasteiger charge is 2.27. The molecule has 0 bridgehead atoms. The summed E-state index contributed by atoms with van der Waals surface area (Å²) in [5.74, 6) is 1.11. The molecule has 1 aliphatic heterocycles. The topological polar surface area (TPSA) is 47.7 Å². The summed E-state index contributed by atoms with van der Waals surface area (Å²) in [4.78, 5) is 0. The van der Waals surface area contributed by atoms with Gasteiger partial charge in [0.2, 0.25) is 0 Å². The molecule has 5 nitrogen and oxygen atoms in total. The van der Waals surface area contributed by atoms with Gasteiger partial charge in [-0.25, -0.2) is 9.36 Å². The predicted octanol–water partition coefficient (Wildman–Crippen LogP) is 2.79. The summed E-state index contributed by atoms with van der Waals surface area (Å²) in [6, 6.07) is 8.89. The number of anilines is 1. The summed E-state index contributed by atoms with van der Waals surface area (Å²) in [7, 11) is 1.96. The van der Waals surface area contributed by atoms with Crippen LogP contribution < -0.4 is 5.32 Å². The van der Waals surface area contributed by atoms with Crippen LogP contribution in [-0.4, -0.2) is 26.1 Å². The second-order valence-corrected chi connectivity index (χ2v) is 5.79. The Balaban J connectivity index is 1.95. The molecule has 1 aliphatic rings. The number of aromatic nitrogens is 4. The minimum atomic E-state index is 0.300. The van der Waals surface area contributed by atoms with Crippen LogP contribution in [0.4, 0.5) is 5.82 Å². The molecule has 1 atom stereocenters. The number of fused-ring (bicyclic) bond motifs is 3. The van der Waals surface area contributed by atoms with Crippen LogP contribution in [-0.2, 0) is 7.05 Å². The van der Waals surface area contributed by atoms with Crippen LogP contribution >= 0.6 is 0 Å². The van der Waals surface area contributed by atoms with Crippen LogP contribution in [0.2, 0.25) is 0 Å². The van der Waals surface area contributed by atoms with E-state index in [2.05, 4.69) is 46.3 Å². The van der Waals surface area contributed by atoms with Gasteiger partial charge in [-0.2, -0.15) is 10.2 Å². The zero-order valence-corrected chi connectivity index (χ0v) is 12.6. The highest BCUT2D eigenvalue weighted by atomic mass is 15.4. The third-order valence-electron chi connectivity index (χ3n) is 4.41. The lowest BCUT2D eigenvalue weighted by atomic mass is 9.98. The normalized spacial score (nSPS) is 17.8. The number of nitrogens with one attached hydrogen (secondary N) is 1. The lowest BCUT2D eigenvalue weighted by molar-refractivity contribution is 0.480. The fourth-order valence-corrected chi connectivity index (χ4v) is 3.40. The molecule has 108 valence electrons. The van der Waals surface area contributed by atoms with E-state index < -0.39 is 0 Å². The van der Waals surface area contributed by atoms with Crippen molar-refractivity contribution < 1.29 is 0 Å². The Morgan fingerprint density at radius 3 is 2.81 bits per heavy atom. The smallest absolute Gasteiger partial charge is 0.182 e. The van der Waals surface area contributed by atoms with E-state index >= 15 is 0 Å². The molecule has 0 radical (unpaired) electrons. The molecule has 0 spiro atoms. The van der Waals surface area contributed by atoms with Gasteiger partial charge in [-0.1, -0.05) is 24.3 Å². The van der Waals surface area contributed by atoms with E-state index in [-0.39, 0.29) is 0 Å². The monoisotopic (exact) mass is 281 g/mol. The third-order valence-corrected chi connectivity index (χ3v) is 4.41. The molecule has 1 aromatic carbocycles. The molecule has 0 saturated carbocycles. The van der Waals surface area contributed by atoms with Crippen molar-refractivity contribution in [2.75, 3.05) is 11.9 Å². The molecule has 0 amide bonds. The van der Waals surface area contributed by atoms with Gasteiger partial charge < -0.3 is 5.32 Å².